The van der Waals surface area contributed by atoms with Gasteiger partial charge in [0, 0.05) is 19.0 Å². The predicted octanol–water partition coefficient (Wildman–Crippen LogP) is -0.239. The van der Waals surface area contributed by atoms with Crippen LogP contribution in [0.5, 0.6) is 0 Å². The molecule has 1 unspecified atom stereocenters. The van der Waals surface area contributed by atoms with Gasteiger partial charge in [-0.25, -0.2) is 4.98 Å². The quantitative estimate of drug-likeness (QED) is 0.777. The molecule has 100 valence electrons. The number of nitrogens with zero attached hydrogens (tertiary/aromatic N) is 3. The smallest absolute Gasteiger partial charge is 0.293 e. The molecule has 2 N–H and O–H groups in total. The number of nitrogens with one attached hydrogen (secondary N) is 1. The number of hydrogen-bond donors (Lipinski definition) is 2. The lowest BCUT2D eigenvalue weighted by Gasteiger charge is -2.31. The van der Waals surface area contributed by atoms with Gasteiger partial charge in [-0.1, -0.05) is 13.8 Å². The number of ether oxygens (including phenoxy) is 1. The fraction of sp³-hybridized carbons (Fsp3) is 0.727. The zero-order chi connectivity index (χ0) is 13.1. The van der Waals surface area contributed by atoms with Gasteiger partial charge in [0.05, 0.1) is 19.3 Å². The molecule has 1 aliphatic heterocycles. The van der Waals surface area contributed by atoms with Gasteiger partial charge in [0.25, 0.3) is 5.91 Å². The molecule has 0 aliphatic carbocycles. The molecule has 2 heterocycles. The Bertz CT molecular complexity index is 418. The average molecular weight is 254 g/mol. The van der Waals surface area contributed by atoms with Crippen LogP contribution in [-0.4, -0.2) is 63.5 Å². The number of aromatic nitrogens is 3. The first kappa shape index (κ1) is 13.0. The lowest BCUT2D eigenvalue weighted by molar-refractivity contribution is -0.0450. The molecule has 7 nitrogen and oxygen atoms in total. The van der Waals surface area contributed by atoms with Gasteiger partial charge in [-0.3, -0.25) is 9.89 Å². The summed E-state index contributed by atoms with van der Waals surface area (Å²) in [6.07, 6.45) is -0.314. The molecular formula is C11H18N4O3. The van der Waals surface area contributed by atoms with Crippen LogP contribution in [0.3, 0.4) is 0 Å². The maximum atomic E-state index is 12.1. The number of aliphatic hydroxyl groups excluding tert-OH is 1. The molecular weight excluding hydrogens is 236 g/mol. The Morgan fingerprint density at radius 1 is 1.67 bits per heavy atom. The van der Waals surface area contributed by atoms with E-state index in [0.717, 1.165) is 0 Å². The first-order valence-electron chi connectivity index (χ1n) is 6.06. The summed E-state index contributed by atoms with van der Waals surface area (Å²) >= 11 is 0. The fourth-order valence-electron chi connectivity index (χ4n) is 1.78. The number of aromatic amines is 1. The number of hydrogen-bond acceptors (Lipinski definition) is 5. The van der Waals surface area contributed by atoms with Crippen molar-refractivity contribution in [3.05, 3.63) is 11.6 Å². The van der Waals surface area contributed by atoms with Gasteiger partial charge < -0.3 is 14.7 Å². The fourth-order valence-corrected chi connectivity index (χ4v) is 1.78. The topological polar surface area (TPSA) is 91.3 Å². The highest BCUT2D eigenvalue weighted by Crippen LogP contribution is 2.11. The van der Waals surface area contributed by atoms with E-state index in [1.807, 2.05) is 13.8 Å². The first-order valence-corrected chi connectivity index (χ1v) is 6.06. The van der Waals surface area contributed by atoms with Crippen molar-refractivity contribution in [3.8, 4) is 0 Å². The summed E-state index contributed by atoms with van der Waals surface area (Å²) in [6, 6.07) is 0. The third-order valence-electron chi connectivity index (χ3n) is 2.87. The van der Waals surface area contributed by atoms with Crippen LogP contribution in [0.2, 0.25) is 0 Å². The summed E-state index contributed by atoms with van der Waals surface area (Å²) in [7, 11) is 0. The Hall–Kier alpha value is -1.47. The van der Waals surface area contributed by atoms with E-state index in [2.05, 4.69) is 15.2 Å². The Morgan fingerprint density at radius 3 is 3.06 bits per heavy atom. The van der Waals surface area contributed by atoms with Crippen LogP contribution in [0.1, 0.15) is 36.2 Å². The number of aliphatic hydroxyl groups is 1. The van der Waals surface area contributed by atoms with Gasteiger partial charge in [-0.05, 0) is 0 Å². The largest absolute Gasteiger partial charge is 0.394 e. The van der Waals surface area contributed by atoms with E-state index in [1.165, 1.54) is 0 Å². The summed E-state index contributed by atoms with van der Waals surface area (Å²) in [6.45, 7) is 5.17. The van der Waals surface area contributed by atoms with Crippen molar-refractivity contribution in [2.75, 3.05) is 26.3 Å². The van der Waals surface area contributed by atoms with Crippen molar-refractivity contribution in [3.63, 3.8) is 0 Å². The highest BCUT2D eigenvalue weighted by molar-refractivity contribution is 5.90. The molecule has 1 amide bonds. The second kappa shape index (κ2) is 5.45. The lowest BCUT2D eigenvalue weighted by Crippen LogP contribution is -2.47. The lowest BCUT2D eigenvalue weighted by atomic mass is 10.2. The number of morpholine rings is 1. The molecule has 1 atom stereocenters. The SMILES string of the molecule is CC(C)c1nc(C(=O)N2CCOC(CO)C2)n[nH]1. The van der Waals surface area contributed by atoms with Gasteiger partial charge >= 0.3 is 0 Å². The van der Waals surface area contributed by atoms with Crippen molar-refractivity contribution in [2.24, 2.45) is 0 Å². The van der Waals surface area contributed by atoms with Gasteiger partial charge in [0.15, 0.2) is 0 Å². The Morgan fingerprint density at radius 2 is 2.44 bits per heavy atom. The second-order valence-corrected chi connectivity index (χ2v) is 4.63. The van der Waals surface area contributed by atoms with E-state index >= 15 is 0 Å². The van der Waals surface area contributed by atoms with Crippen LogP contribution in [0.4, 0.5) is 0 Å². The highest BCUT2D eigenvalue weighted by Gasteiger charge is 2.27. The van der Waals surface area contributed by atoms with E-state index in [9.17, 15) is 4.79 Å². The molecule has 0 spiro atoms. The molecule has 0 saturated carbocycles. The third-order valence-corrected chi connectivity index (χ3v) is 2.87. The Kier molecular flexibility index (Phi) is 3.93. The van der Waals surface area contributed by atoms with Gasteiger partial charge in [-0.15, -0.1) is 5.10 Å². The number of carbonyl (C=O) groups is 1. The van der Waals surface area contributed by atoms with Crippen LogP contribution in [0.15, 0.2) is 0 Å². The molecule has 1 aromatic heterocycles. The zero-order valence-corrected chi connectivity index (χ0v) is 10.6. The van der Waals surface area contributed by atoms with Crippen LogP contribution < -0.4 is 0 Å². The average Bonchev–Trinajstić information content (AvgIpc) is 2.87. The normalized spacial score (nSPS) is 20.4. The van der Waals surface area contributed by atoms with Crippen LogP contribution in [-0.2, 0) is 4.74 Å². The molecule has 0 radical (unpaired) electrons. The van der Waals surface area contributed by atoms with Gasteiger partial charge in [-0.2, -0.15) is 0 Å². The molecule has 2 rings (SSSR count). The number of rotatable bonds is 3. The summed E-state index contributed by atoms with van der Waals surface area (Å²) < 4.78 is 5.29. The molecule has 7 heteroatoms. The third kappa shape index (κ3) is 2.68. The second-order valence-electron chi connectivity index (χ2n) is 4.63. The van der Waals surface area contributed by atoms with Crippen molar-refractivity contribution < 1.29 is 14.6 Å². The van der Waals surface area contributed by atoms with E-state index in [4.69, 9.17) is 9.84 Å². The Balaban J connectivity index is 2.05. The maximum Gasteiger partial charge on any atom is 0.293 e. The van der Waals surface area contributed by atoms with Crippen LogP contribution in [0.25, 0.3) is 0 Å². The van der Waals surface area contributed by atoms with Crippen molar-refractivity contribution in [1.82, 2.24) is 20.1 Å². The van der Waals surface area contributed by atoms with Crippen LogP contribution >= 0.6 is 0 Å². The van der Waals surface area contributed by atoms with Crippen LogP contribution in [0, 0.1) is 0 Å². The molecule has 1 aromatic rings. The minimum Gasteiger partial charge on any atom is -0.394 e. The number of H-pyrrole nitrogens is 1. The first-order chi connectivity index (χ1) is 8.61. The monoisotopic (exact) mass is 254 g/mol. The summed E-state index contributed by atoms with van der Waals surface area (Å²) in [5.41, 5.74) is 0. The zero-order valence-electron chi connectivity index (χ0n) is 10.6. The van der Waals surface area contributed by atoms with E-state index in [1.54, 1.807) is 4.90 Å². The minimum absolute atomic E-state index is 0.0883. The standard InChI is InChI=1S/C11H18N4O3/c1-7(2)9-12-10(14-13-9)11(17)15-3-4-18-8(5-15)6-16/h7-8,16H,3-6H2,1-2H3,(H,12,13,14). The van der Waals surface area contributed by atoms with Gasteiger partial charge in [0.2, 0.25) is 5.82 Å². The molecule has 1 saturated heterocycles. The van der Waals surface area contributed by atoms with E-state index < -0.39 is 0 Å². The summed E-state index contributed by atoms with van der Waals surface area (Å²) in [5, 5.41) is 15.7. The van der Waals surface area contributed by atoms with Gasteiger partial charge in [0.1, 0.15) is 5.82 Å². The molecule has 18 heavy (non-hydrogen) atoms. The summed E-state index contributed by atoms with van der Waals surface area (Å²) in [5.74, 6) is 0.858. The molecule has 1 aliphatic rings. The molecule has 0 aromatic carbocycles. The van der Waals surface area contributed by atoms with Crippen molar-refractivity contribution in [2.45, 2.75) is 25.9 Å². The number of carbonyl (C=O) groups excluding carboxylic acids is 1. The molecule has 1 fully saturated rings. The Labute approximate surface area is 105 Å². The molecule has 0 bridgehead atoms. The maximum absolute atomic E-state index is 12.1. The van der Waals surface area contributed by atoms with E-state index in [0.29, 0.717) is 25.5 Å². The highest BCUT2D eigenvalue weighted by atomic mass is 16.5. The van der Waals surface area contributed by atoms with E-state index in [-0.39, 0.29) is 30.4 Å². The predicted molar refractivity (Wildman–Crippen MR) is 63.2 cm³/mol. The van der Waals surface area contributed by atoms with Crippen molar-refractivity contribution in [1.29, 1.82) is 0 Å². The number of amides is 1. The summed E-state index contributed by atoms with van der Waals surface area (Å²) in [4.78, 5) is 17.9. The van der Waals surface area contributed by atoms with Crippen molar-refractivity contribution >= 4 is 5.91 Å². The minimum atomic E-state index is -0.314.